The molecule has 1 N–H and O–H groups in total. The zero-order valence-electron chi connectivity index (χ0n) is 15.6. The summed E-state index contributed by atoms with van der Waals surface area (Å²) in [6, 6.07) is 15.4. The molecule has 0 bridgehead atoms. The van der Waals surface area contributed by atoms with Crippen LogP contribution >= 0.6 is 11.8 Å². The first-order valence-corrected chi connectivity index (χ1v) is 9.58. The normalized spacial score (nSPS) is 10.6. The molecular weight excluding hydrogens is 360 g/mol. The largest absolute Gasteiger partial charge is 0.485 e. The highest BCUT2D eigenvalue weighted by atomic mass is 32.2. The lowest BCUT2D eigenvalue weighted by molar-refractivity contribution is -0.113. The van der Waals surface area contributed by atoms with Gasteiger partial charge in [-0.3, -0.25) is 4.79 Å². The van der Waals surface area contributed by atoms with Gasteiger partial charge in [0.15, 0.2) is 11.0 Å². The van der Waals surface area contributed by atoms with Crippen molar-refractivity contribution in [2.75, 3.05) is 11.1 Å². The van der Waals surface area contributed by atoms with E-state index in [9.17, 15) is 4.79 Å². The molecule has 7 heteroatoms. The summed E-state index contributed by atoms with van der Waals surface area (Å²) in [5.41, 5.74) is 3.08. The quantitative estimate of drug-likeness (QED) is 0.631. The van der Waals surface area contributed by atoms with Crippen LogP contribution in [-0.4, -0.2) is 26.4 Å². The van der Waals surface area contributed by atoms with Crippen LogP contribution in [0.5, 0.6) is 5.75 Å². The Hall–Kier alpha value is -2.80. The summed E-state index contributed by atoms with van der Waals surface area (Å²) in [5, 5.41) is 11.9. The average molecular weight is 382 g/mol. The first-order chi connectivity index (χ1) is 13.0. The summed E-state index contributed by atoms with van der Waals surface area (Å²) in [6.07, 6.45) is 0. The molecule has 27 heavy (non-hydrogen) atoms. The monoisotopic (exact) mass is 382 g/mol. The van der Waals surface area contributed by atoms with E-state index < -0.39 is 0 Å². The van der Waals surface area contributed by atoms with Gasteiger partial charge in [-0.2, -0.15) is 0 Å². The molecule has 2 aromatic carbocycles. The smallest absolute Gasteiger partial charge is 0.234 e. The fourth-order valence-corrected chi connectivity index (χ4v) is 3.20. The predicted octanol–water partition coefficient (Wildman–Crippen LogP) is 3.74. The van der Waals surface area contributed by atoms with Crippen molar-refractivity contribution in [1.82, 2.24) is 14.8 Å². The number of hydrogen-bond acceptors (Lipinski definition) is 5. The lowest BCUT2D eigenvalue weighted by Gasteiger charge is -2.10. The minimum Gasteiger partial charge on any atom is -0.485 e. The number of para-hydroxylation sites is 1. The van der Waals surface area contributed by atoms with Crippen LogP contribution in [0.2, 0.25) is 0 Å². The summed E-state index contributed by atoms with van der Waals surface area (Å²) in [4.78, 5) is 12.1. The highest BCUT2D eigenvalue weighted by Crippen LogP contribution is 2.22. The molecule has 1 aromatic heterocycles. The van der Waals surface area contributed by atoms with Crippen molar-refractivity contribution >= 4 is 23.4 Å². The highest BCUT2D eigenvalue weighted by molar-refractivity contribution is 7.99. The standard InChI is InChI=1S/C20H22N4O2S/c1-14-8-7-11-17(15(14)2)26-12-18-22-23-20(24(18)3)27-13-19(25)21-16-9-5-4-6-10-16/h4-11H,12-13H2,1-3H3,(H,21,25). The van der Waals surface area contributed by atoms with E-state index >= 15 is 0 Å². The van der Waals surface area contributed by atoms with Gasteiger partial charge in [-0.05, 0) is 43.2 Å². The van der Waals surface area contributed by atoms with Gasteiger partial charge in [-0.25, -0.2) is 0 Å². The molecule has 3 aromatic rings. The number of aromatic nitrogens is 3. The number of nitrogens with zero attached hydrogens (tertiary/aromatic N) is 3. The van der Waals surface area contributed by atoms with E-state index in [0.29, 0.717) is 17.6 Å². The van der Waals surface area contributed by atoms with Gasteiger partial charge in [-0.1, -0.05) is 42.1 Å². The Morgan fingerprint density at radius 1 is 1.11 bits per heavy atom. The van der Waals surface area contributed by atoms with Crippen molar-refractivity contribution in [3.05, 3.63) is 65.5 Å². The minimum absolute atomic E-state index is 0.0811. The number of ether oxygens (including phenoxy) is 1. The lowest BCUT2D eigenvalue weighted by atomic mass is 10.1. The Bertz CT molecular complexity index is 925. The van der Waals surface area contributed by atoms with Gasteiger partial charge >= 0.3 is 0 Å². The van der Waals surface area contributed by atoms with Crippen molar-refractivity contribution in [3.8, 4) is 5.75 Å². The summed E-state index contributed by atoms with van der Waals surface area (Å²) in [5.74, 6) is 1.73. The number of benzene rings is 2. The zero-order valence-corrected chi connectivity index (χ0v) is 16.4. The summed E-state index contributed by atoms with van der Waals surface area (Å²) >= 11 is 1.34. The van der Waals surface area contributed by atoms with Crippen LogP contribution < -0.4 is 10.1 Å². The van der Waals surface area contributed by atoms with E-state index in [1.807, 2.05) is 61.0 Å². The molecule has 1 amide bonds. The number of hydrogen-bond donors (Lipinski definition) is 1. The Morgan fingerprint density at radius 2 is 1.89 bits per heavy atom. The van der Waals surface area contributed by atoms with Crippen molar-refractivity contribution in [2.45, 2.75) is 25.6 Å². The molecule has 140 valence electrons. The molecule has 0 spiro atoms. The number of nitrogens with one attached hydrogen (secondary N) is 1. The van der Waals surface area contributed by atoms with Gasteiger partial charge in [-0.15, -0.1) is 10.2 Å². The maximum absolute atomic E-state index is 12.1. The Kier molecular flexibility index (Phi) is 6.13. The molecule has 0 saturated carbocycles. The zero-order chi connectivity index (χ0) is 19.2. The molecule has 1 heterocycles. The summed E-state index contributed by atoms with van der Waals surface area (Å²) in [6.45, 7) is 4.41. The number of aryl methyl sites for hydroxylation is 1. The molecule has 3 rings (SSSR count). The van der Waals surface area contributed by atoms with E-state index in [1.54, 1.807) is 0 Å². The summed E-state index contributed by atoms with van der Waals surface area (Å²) in [7, 11) is 1.87. The minimum atomic E-state index is -0.0811. The average Bonchev–Trinajstić information content (AvgIpc) is 3.02. The molecule has 0 radical (unpaired) electrons. The van der Waals surface area contributed by atoms with Crippen LogP contribution in [0.3, 0.4) is 0 Å². The Labute approximate surface area is 163 Å². The van der Waals surface area contributed by atoms with Crippen LogP contribution in [0.4, 0.5) is 5.69 Å². The van der Waals surface area contributed by atoms with Crippen LogP contribution in [0.15, 0.2) is 53.7 Å². The van der Waals surface area contributed by atoms with Gasteiger partial charge < -0.3 is 14.6 Å². The molecule has 0 aliphatic carbocycles. The lowest BCUT2D eigenvalue weighted by Crippen LogP contribution is -2.14. The van der Waals surface area contributed by atoms with E-state index in [4.69, 9.17) is 4.74 Å². The predicted molar refractivity (Wildman–Crippen MR) is 107 cm³/mol. The number of thioether (sulfide) groups is 1. The van der Waals surface area contributed by atoms with Gasteiger partial charge in [0.25, 0.3) is 0 Å². The third kappa shape index (κ3) is 4.89. The summed E-state index contributed by atoms with van der Waals surface area (Å²) < 4.78 is 7.74. The van der Waals surface area contributed by atoms with Crippen LogP contribution in [0, 0.1) is 13.8 Å². The number of carbonyl (C=O) groups excluding carboxylic acids is 1. The number of carbonyl (C=O) groups is 1. The van der Waals surface area contributed by atoms with E-state index in [0.717, 1.165) is 17.0 Å². The van der Waals surface area contributed by atoms with Crippen molar-refractivity contribution < 1.29 is 9.53 Å². The molecular formula is C20H22N4O2S. The van der Waals surface area contributed by atoms with Crippen molar-refractivity contribution in [3.63, 3.8) is 0 Å². The Balaban J connectivity index is 1.55. The molecule has 0 saturated heterocycles. The fraction of sp³-hybridized carbons (Fsp3) is 0.250. The highest BCUT2D eigenvalue weighted by Gasteiger charge is 2.13. The van der Waals surface area contributed by atoms with Crippen LogP contribution in [-0.2, 0) is 18.4 Å². The van der Waals surface area contributed by atoms with E-state index in [-0.39, 0.29) is 11.7 Å². The van der Waals surface area contributed by atoms with Gasteiger partial charge in [0.1, 0.15) is 12.4 Å². The van der Waals surface area contributed by atoms with Crippen molar-refractivity contribution in [2.24, 2.45) is 7.05 Å². The van der Waals surface area contributed by atoms with Crippen LogP contribution in [0.1, 0.15) is 17.0 Å². The molecule has 0 atom stereocenters. The number of anilines is 1. The topological polar surface area (TPSA) is 69.0 Å². The third-order valence-electron chi connectivity index (χ3n) is 4.23. The van der Waals surface area contributed by atoms with E-state index in [2.05, 4.69) is 28.5 Å². The molecule has 0 fully saturated rings. The van der Waals surface area contributed by atoms with E-state index in [1.165, 1.54) is 17.3 Å². The Morgan fingerprint density at radius 3 is 2.67 bits per heavy atom. The first kappa shape index (κ1) is 19.0. The van der Waals surface area contributed by atoms with Gasteiger partial charge in [0.05, 0.1) is 5.75 Å². The second-order valence-corrected chi connectivity index (χ2v) is 7.09. The molecule has 0 aliphatic heterocycles. The first-order valence-electron chi connectivity index (χ1n) is 8.59. The maximum atomic E-state index is 12.1. The van der Waals surface area contributed by atoms with Crippen LogP contribution in [0.25, 0.3) is 0 Å². The van der Waals surface area contributed by atoms with Gasteiger partial charge in [0.2, 0.25) is 5.91 Å². The van der Waals surface area contributed by atoms with Gasteiger partial charge in [0, 0.05) is 12.7 Å². The SMILES string of the molecule is Cc1cccc(OCc2nnc(SCC(=O)Nc3ccccc3)n2C)c1C. The number of rotatable bonds is 7. The van der Waals surface area contributed by atoms with Crippen molar-refractivity contribution in [1.29, 1.82) is 0 Å². The second kappa shape index (κ2) is 8.73. The third-order valence-corrected chi connectivity index (χ3v) is 5.25. The number of amides is 1. The second-order valence-electron chi connectivity index (χ2n) is 6.15. The fourth-order valence-electron chi connectivity index (χ4n) is 2.47. The maximum Gasteiger partial charge on any atom is 0.234 e. The molecule has 0 unspecified atom stereocenters. The molecule has 6 nitrogen and oxygen atoms in total. The molecule has 0 aliphatic rings.